The van der Waals surface area contributed by atoms with E-state index in [4.69, 9.17) is 9.47 Å². The number of hydrogen-bond donors (Lipinski definition) is 2. The molecule has 0 saturated carbocycles. The lowest BCUT2D eigenvalue weighted by atomic mass is 9.72. The lowest BCUT2D eigenvalue weighted by Gasteiger charge is -2.50. The third kappa shape index (κ3) is 5.47. The van der Waals surface area contributed by atoms with Gasteiger partial charge in [-0.05, 0) is 95.7 Å². The number of ether oxygens (including phenoxy) is 2. The van der Waals surface area contributed by atoms with Crippen molar-refractivity contribution in [2.75, 3.05) is 6.54 Å². The highest BCUT2D eigenvalue weighted by atomic mass is 16.5. The van der Waals surface area contributed by atoms with Gasteiger partial charge < -0.3 is 19.9 Å². The van der Waals surface area contributed by atoms with Crippen molar-refractivity contribution in [3.05, 3.63) is 70.8 Å². The first-order valence-corrected chi connectivity index (χ1v) is 12.4. The summed E-state index contributed by atoms with van der Waals surface area (Å²) in [6.07, 6.45) is 7.11. The molecule has 0 unspecified atom stereocenters. The van der Waals surface area contributed by atoms with Crippen molar-refractivity contribution >= 4 is 5.91 Å². The second kappa shape index (κ2) is 10.2. The van der Waals surface area contributed by atoms with E-state index >= 15 is 0 Å². The molecule has 2 N–H and O–H groups in total. The Hall–Kier alpha value is -2.79. The second-order valence-corrected chi connectivity index (χ2v) is 10.2. The van der Waals surface area contributed by atoms with E-state index in [2.05, 4.69) is 39.1 Å². The molecular weight excluding hydrogens is 426 g/mol. The first-order chi connectivity index (χ1) is 16.2. The molecule has 4 atom stereocenters. The number of allylic oxidation sites excluding steroid dienone is 2. The summed E-state index contributed by atoms with van der Waals surface area (Å²) >= 11 is 0. The zero-order chi connectivity index (χ0) is 24.3. The molecule has 1 saturated heterocycles. The van der Waals surface area contributed by atoms with Crippen LogP contribution in [0.15, 0.2) is 54.1 Å². The number of carbonyl (C=O) groups excluding carboxylic acids is 1. The van der Waals surface area contributed by atoms with Crippen LogP contribution in [0.5, 0.6) is 11.5 Å². The number of nitrogens with one attached hydrogen (secondary N) is 1. The van der Waals surface area contributed by atoms with Gasteiger partial charge >= 0.3 is 0 Å². The van der Waals surface area contributed by atoms with Gasteiger partial charge in [-0.3, -0.25) is 4.79 Å². The fraction of sp³-hybridized carbons (Fsp3) is 0.483. The quantitative estimate of drug-likeness (QED) is 0.486. The molecule has 2 aliphatic rings. The minimum Gasteiger partial charge on any atom is -0.508 e. The minimum atomic E-state index is -0.294. The summed E-state index contributed by atoms with van der Waals surface area (Å²) in [6, 6.07) is 12.8. The van der Waals surface area contributed by atoms with Gasteiger partial charge in [0.1, 0.15) is 17.1 Å². The number of fused-ring (bicyclic) bond motifs is 3. The number of carbonyl (C=O) groups is 1. The Morgan fingerprint density at radius 1 is 1.18 bits per heavy atom. The van der Waals surface area contributed by atoms with E-state index in [0.717, 1.165) is 42.6 Å². The van der Waals surface area contributed by atoms with Crippen LogP contribution in [0.4, 0.5) is 0 Å². The van der Waals surface area contributed by atoms with Crippen LogP contribution in [-0.2, 0) is 11.2 Å². The molecule has 5 nitrogen and oxygen atoms in total. The van der Waals surface area contributed by atoms with Crippen LogP contribution < -0.4 is 10.1 Å². The molecule has 4 rings (SSSR count). The lowest BCUT2D eigenvalue weighted by molar-refractivity contribution is -0.152. The summed E-state index contributed by atoms with van der Waals surface area (Å²) in [4.78, 5) is 12.9. The number of phenolic OH excluding ortho intramolecular Hbond substituents is 1. The highest BCUT2D eigenvalue weighted by Crippen LogP contribution is 2.52. The van der Waals surface area contributed by atoms with E-state index in [1.54, 1.807) is 12.1 Å². The van der Waals surface area contributed by atoms with E-state index in [0.29, 0.717) is 18.5 Å². The Kier molecular flexibility index (Phi) is 7.32. The fourth-order valence-corrected chi connectivity index (χ4v) is 5.20. The monoisotopic (exact) mass is 463 g/mol. The van der Waals surface area contributed by atoms with Gasteiger partial charge in [-0.2, -0.15) is 0 Å². The van der Waals surface area contributed by atoms with Crippen molar-refractivity contribution in [3.8, 4) is 11.5 Å². The van der Waals surface area contributed by atoms with Crippen LogP contribution in [0.3, 0.4) is 0 Å². The highest BCUT2D eigenvalue weighted by Gasteiger charge is 2.49. The van der Waals surface area contributed by atoms with E-state index < -0.39 is 0 Å². The maximum Gasteiger partial charge on any atom is 0.251 e. The number of rotatable bonds is 7. The van der Waals surface area contributed by atoms with Gasteiger partial charge in [-0.15, -0.1) is 0 Å². The largest absolute Gasteiger partial charge is 0.508 e. The van der Waals surface area contributed by atoms with Crippen LogP contribution in [-0.4, -0.2) is 29.3 Å². The van der Waals surface area contributed by atoms with Crippen molar-refractivity contribution in [3.63, 3.8) is 0 Å². The zero-order valence-electron chi connectivity index (χ0n) is 20.8. The third-order valence-electron chi connectivity index (χ3n) is 7.16. The Balaban J connectivity index is 1.49. The van der Waals surface area contributed by atoms with E-state index in [1.807, 2.05) is 30.3 Å². The summed E-state index contributed by atoms with van der Waals surface area (Å²) in [5.41, 5.74) is 3.71. The Morgan fingerprint density at radius 3 is 2.68 bits per heavy atom. The van der Waals surface area contributed by atoms with Gasteiger partial charge in [-0.25, -0.2) is 0 Å². The molecule has 2 aromatic carbocycles. The number of phenols is 1. The van der Waals surface area contributed by atoms with E-state index in [9.17, 15) is 9.90 Å². The lowest BCUT2D eigenvalue weighted by Crippen LogP contribution is -2.50. The summed E-state index contributed by atoms with van der Waals surface area (Å²) in [6.45, 7) is 9.14. The second-order valence-electron chi connectivity index (χ2n) is 10.2. The van der Waals surface area contributed by atoms with Gasteiger partial charge in [0.25, 0.3) is 5.91 Å². The summed E-state index contributed by atoms with van der Waals surface area (Å²) in [5.74, 6) is 1.24. The molecule has 0 radical (unpaired) electrons. The van der Waals surface area contributed by atoms with Crippen LogP contribution in [0.25, 0.3) is 0 Å². The molecule has 2 aliphatic heterocycles. The topological polar surface area (TPSA) is 67.8 Å². The Bertz CT molecular complexity index is 1040. The zero-order valence-corrected chi connectivity index (χ0v) is 20.8. The molecule has 2 aromatic rings. The molecule has 182 valence electrons. The van der Waals surface area contributed by atoms with Crippen molar-refractivity contribution in [1.82, 2.24) is 5.32 Å². The normalized spacial score (nSPS) is 25.5. The first-order valence-electron chi connectivity index (χ1n) is 12.4. The molecular formula is C29H37NO4. The molecule has 0 aliphatic carbocycles. The van der Waals surface area contributed by atoms with Crippen LogP contribution in [0.1, 0.15) is 81.0 Å². The molecule has 0 spiro atoms. The minimum absolute atomic E-state index is 0.0612. The van der Waals surface area contributed by atoms with E-state index in [-0.39, 0.29) is 35.4 Å². The number of benzene rings is 2. The molecule has 34 heavy (non-hydrogen) atoms. The van der Waals surface area contributed by atoms with Gasteiger partial charge in [0.05, 0.1) is 12.2 Å². The van der Waals surface area contributed by atoms with Crippen LogP contribution in [0.2, 0.25) is 0 Å². The first kappa shape index (κ1) is 24.3. The van der Waals surface area contributed by atoms with Gasteiger partial charge in [0, 0.05) is 23.6 Å². The molecule has 0 bridgehead atoms. The molecule has 5 heteroatoms. The van der Waals surface area contributed by atoms with Crippen LogP contribution >= 0.6 is 0 Å². The molecule has 0 aromatic heterocycles. The summed E-state index contributed by atoms with van der Waals surface area (Å²) < 4.78 is 13.1. The average Bonchev–Trinajstić information content (AvgIpc) is 2.80. The number of amides is 1. The van der Waals surface area contributed by atoms with Crippen molar-refractivity contribution in [1.29, 1.82) is 0 Å². The van der Waals surface area contributed by atoms with Gasteiger partial charge in [0.2, 0.25) is 0 Å². The molecule has 2 heterocycles. The van der Waals surface area contributed by atoms with Gasteiger partial charge in [-0.1, -0.05) is 23.8 Å². The summed E-state index contributed by atoms with van der Waals surface area (Å²) in [7, 11) is 0. The maximum atomic E-state index is 12.9. The standard InChI is InChI=1S/C29H37NO4/c1-19(2)6-5-16-29(4)25-13-7-20(3)33-27(25)24-18-22(10-14-26(24)34-29)28(32)30-17-15-21-8-11-23(31)12-9-21/h6,8-12,14,18,20,25,27,31H,5,7,13,15-17H2,1-4H3,(H,30,32)/t20-,25-,27+,29+/m1/s1. The van der Waals surface area contributed by atoms with E-state index in [1.165, 1.54) is 5.57 Å². The maximum absolute atomic E-state index is 12.9. The van der Waals surface area contributed by atoms with Crippen molar-refractivity contribution in [2.45, 2.75) is 77.6 Å². The van der Waals surface area contributed by atoms with Crippen LogP contribution in [0, 0.1) is 5.92 Å². The summed E-state index contributed by atoms with van der Waals surface area (Å²) in [5, 5.41) is 12.4. The van der Waals surface area contributed by atoms with Crippen molar-refractivity contribution < 1.29 is 19.4 Å². The number of hydrogen-bond acceptors (Lipinski definition) is 4. The highest BCUT2D eigenvalue weighted by molar-refractivity contribution is 5.94. The van der Waals surface area contributed by atoms with Gasteiger partial charge in [0.15, 0.2) is 0 Å². The fourth-order valence-electron chi connectivity index (χ4n) is 5.20. The molecule has 1 fully saturated rings. The average molecular weight is 464 g/mol. The Morgan fingerprint density at radius 2 is 1.94 bits per heavy atom. The smallest absolute Gasteiger partial charge is 0.251 e. The molecule has 1 amide bonds. The predicted molar refractivity (Wildman–Crippen MR) is 134 cm³/mol. The third-order valence-corrected chi connectivity index (χ3v) is 7.16. The number of aromatic hydroxyl groups is 1. The predicted octanol–water partition coefficient (Wildman–Crippen LogP) is 6.12. The van der Waals surface area contributed by atoms with Crippen molar-refractivity contribution in [2.24, 2.45) is 5.92 Å². The SMILES string of the molecule is CC(C)=CCC[C@]1(C)Oc2ccc(C(=O)NCCc3ccc(O)cc3)cc2[C@@H]2O[C@H](C)CC[C@H]21. The Labute approximate surface area is 203 Å².